The lowest BCUT2D eigenvalue weighted by Gasteiger charge is -2.21. The molecule has 1 amide bonds. The highest BCUT2D eigenvalue weighted by Gasteiger charge is 2.25. The number of rotatable bonds is 4. The largest absolute Gasteiger partial charge is 0.495 e. The van der Waals surface area contributed by atoms with Crippen LogP contribution in [-0.4, -0.2) is 19.6 Å². The molecule has 4 nitrogen and oxygen atoms in total. The Morgan fingerprint density at radius 2 is 2.18 bits per heavy atom. The van der Waals surface area contributed by atoms with E-state index in [2.05, 4.69) is 21.2 Å². The fraction of sp³-hybridized carbons (Fsp3) is 0.417. The van der Waals surface area contributed by atoms with Crippen LogP contribution in [0, 0.1) is 5.41 Å². The van der Waals surface area contributed by atoms with Crippen molar-refractivity contribution in [1.29, 1.82) is 0 Å². The van der Waals surface area contributed by atoms with Crippen molar-refractivity contribution in [2.45, 2.75) is 13.8 Å². The number of nitrogens with two attached hydrogens (primary N) is 1. The van der Waals surface area contributed by atoms with Gasteiger partial charge in [0.05, 0.1) is 17.0 Å². The molecule has 0 radical (unpaired) electrons. The third-order valence-electron chi connectivity index (χ3n) is 2.53. The lowest BCUT2D eigenvalue weighted by molar-refractivity contribution is -0.123. The average molecular weight is 301 g/mol. The minimum Gasteiger partial charge on any atom is -0.495 e. The van der Waals surface area contributed by atoms with Crippen molar-refractivity contribution < 1.29 is 9.53 Å². The SMILES string of the molecule is COc1cc(NC(=O)C(C)(C)CN)ccc1Br. The number of hydrogen-bond donors (Lipinski definition) is 2. The topological polar surface area (TPSA) is 64.3 Å². The van der Waals surface area contributed by atoms with E-state index in [9.17, 15) is 4.79 Å². The molecule has 94 valence electrons. The zero-order valence-electron chi connectivity index (χ0n) is 10.2. The van der Waals surface area contributed by atoms with Gasteiger partial charge in [0.1, 0.15) is 5.75 Å². The summed E-state index contributed by atoms with van der Waals surface area (Å²) in [5, 5.41) is 2.82. The summed E-state index contributed by atoms with van der Waals surface area (Å²) in [5.41, 5.74) is 5.66. The van der Waals surface area contributed by atoms with E-state index in [0.29, 0.717) is 18.0 Å². The van der Waals surface area contributed by atoms with Gasteiger partial charge in [0, 0.05) is 18.3 Å². The molecule has 0 fully saturated rings. The van der Waals surface area contributed by atoms with Crippen molar-refractivity contribution in [3.8, 4) is 5.75 Å². The minimum atomic E-state index is -0.583. The minimum absolute atomic E-state index is 0.107. The predicted octanol–water partition coefficient (Wildman–Crippen LogP) is 2.38. The van der Waals surface area contributed by atoms with E-state index in [-0.39, 0.29) is 5.91 Å². The molecule has 17 heavy (non-hydrogen) atoms. The third kappa shape index (κ3) is 3.44. The smallest absolute Gasteiger partial charge is 0.231 e. The van der Waals surface area contributed by atoms with Crippen LogP contribution >= 0.6 is 15.9 Å². The fourth-order valence-electron chi connectivity index (χ4n) is 1.13. The molecule has 0 unspecified atom stereocenters. The molecular formula is C12H17BrN2O2. The van der Waals surface area contributed by atoms with E-state index >= 15 is 0 Å². The summed E-state index contributed by atoms with van der Waals surface area (Å²) >= 11 is 3.35. The highest BCUT2D eigenvalue weighted by atomic mass is 79.9. The Labute approximate surface area is 110 Å². The highest BCUT2D eigenvalue weighted by Crippen LogP contribution is 2.28. The number of ether oxygens (including phenoxy) is 1. The first-order valence-corrected chi connectivity index (χ1v) is 6.05. The van der Waals surface area contributed by atoms with Gasteiger partial charge in [-0.3, -0.25) is 4.79 Å². The van der Waals surface area contributed by atoms with Crippen molar-refractivity contribution in [2.75, 3.05) is 19.0 Å². The maximum atomic E-state index is 11.9. The van der Waals surface area contributed by atoms with Crippen molar-refractivity contribution in [3.05, 3.63) is 22.7 Å². The second kappa shape index (κ2) is 5.51. The van der Waals surface area contributed by atoms with E-state index in [1.54, 1.807) is 33.1 Å². The van der Waals surface area contributed by atoms with Crippen molar-refractivity contribution in [1.82, 2.24) is 0 Å². The molecule has 0 aromatic heterocycles. The van der Waals surface area contributed by atoms with Gasteiger partial charge in [-0.1, -0.05) is 0 Å². The number of anilines is 1. The first-order valence-electron chi connectivity index (χ1n) is 5.26. The summed E-state index contributed by atoms with van der Waals surface area (Å²) in [7, 11) is 1.58. The summed E-state index contributed by atoms with van der Waals surface area (Å²) in [6.07, 6.45) is 0. The van der Waals surface area contributed by atoms with Gasteiger partial charge in [-0.15, -0.1) is 0 Å². The molecule has 0 aliphatic heterocycles. The van der Waals surface area contributed by atoms with Gasteiger partial charge in [0.15, 0.2) is 0 Å². The van der Waals surface area contributed by atoms with Crippen molar-refractivity contribution >= 4 is 27.5 Å². The zero-order chi connectivity index (χ0) is 13.1. The quantitative estimate of drug-likeness (QED) is 0.897. The molecule has 1 rings (SSSR count). The van der Waals surface area contributed by atoms with Crippen LogP contribution in [-0.2, 0) is 4.79 Å². The van der Waals surface area contributed by atoms with Crippen molar-refractivity contribution in [2.24, 2.45) is 11.1 Å². The molecule has 0 atom stereocenters. The number of methoxy groups -OCH3 is 1. The van der Waals surface area contributed by atoms with E-state index in [1.807, 2.05) is 6.07 Å². The number of amides is 1. The molecule has 0 heterocycles. The second-order valence-corrected chi connectivity index (χ2v) is 5.25. The average Bonchev–Trinajstić information content (AvgIpc) is 2.31. The molecule has 0 aliphatic carbocycles. The normalized spacial score (nSPS) is 11.1. The number of carbonyl (C=O) groups is 1. The number of hydrogen-bond acceptors (Lipinski definition) is 3. The molecule has 0 saturated heterocycles. The van der Waals surface area contributed by atoms with Crippen LogP contribution < -0.4 is 15.8 Å². The summed E-state index contributed by atoms with van der Waals surface area (Å²) in [6.45, 7) is 3.91. The Kier molecular flexibility index (Phi) is 4.54. The first-order chi connectivity index (χ1) is 7.90. The van der Waals surface area contributed by atoms with Crippen molar-refractivity contribution in [3.63, 3.8) is 0 Å². The van der Waals surface area contributed by atoms with E-state index in [1.165, 1.54) is 0 Å². The second-order valence-electron chi connectivity index (χ2n) is 4.39. The Hall–Kier alpha value is -1.07. The molecule has 1 aromatic rings. The predicted molar refractivity (Wildman–Crippen MR) is 72.2 cm³/mol. The zero-order valence-corrected chi connectivity index (χ0v) is 11.8. The maximum absolute atomic E-state index is 11.9. The third-order valence-corrected chi connectivity index (χ3v) is 3.19. The van der Waals surface area contributed by atoms with Crippen LogP contribution in [0.25, 0.3) is 0 Å². The van der Waals surface area contributed by atoms with Crippen LogP contribution in [0.15, 0.2) is 22.7 Å². The Balaban J connectivity index is 2.86. The van der Waals surface area contributed by atoms with Crippen LogP contribution in [0.4, 0.5) is 5.69 Å². The number of nitrogens with one attached hydrogen (secondary N) is 1. The Morgan fingerprint density at radius 3 is 2.71 bits per heavy atom. The van der Waals surface area contributed by atoms with Gasteiger partial charge in [-0.25, -0.2) is 0 Å². The first kappa shape index (κ1) is 14.0. The molecule has 0 aliphatic rings. The van der Waals surface area contributed by atoms with E-state index < -0.39 is 5.41 Å². The number of carbonyl (C=O) groups excluding carboxylic acids is 1. The lowest BCUT2D eigenvalue weighted by Crippen LogP contribution is -2.37. The highest BCUT2D eigenvalue weighted by molar-refractivity contribution is 9.10. The van der Waals surface area contributed by atoms with Gasteiger partial charge in [0.2, 0.25) is 5.91 Å². The summed E-state index contributed by atoms with van der Waals surface area (Å²) in [5.74, 6) is 0.567. The number of halogens is 1. The van der Waals surface area contributed by atoms with Gasteiger partial charge in [-0.2, -0.15) is 0 Å². The van der Waals surface area contributed by atoms with Gasteiger partial charge in [0.25, 0.3) is 0 Å². The van der Waals surface area contributed by atoms with E-state index in [4.69, 9.17) is 10.5 Å². The summed E-state index contributed by atoms with van der Waals surface area (Å²) in [6, 6.07) is 5.38. The number of benzene rings is 1. The molecule has 5 heteroatoms. The van der Waals surface area contributed by atoms with Crippen LogP contribution in [0.2, 0.25) is 0 Å². The van der Waals surface area contributed by atoms with Gasteiger partial charge >= 0.3 is 0 Å². The Morgan fingerprint density at radius 1 is 1.53 bits per heavy atom. The molecule has 3 N–H and O–H groups in total. The molecule has 0 bridgehead atoms. The fourth-order valence-corrected chi connectivity index (χ4v) is 1.54. The molecule has 0 saturated carbocycles. The summed E-state index contributed by atoms with van der Waals surface area (Å²) < 4.78 is 6.00. The molecule has 0 spiro atoms. The van der Waals surface area contributed by atoms with Crippen LogP contribution in [0.5, 0.6) is 5.75 Å². The maximum Gasteiger partial charge on any atom is 0.231 e. The van der Waals surface area contributed by atoms with Crippen LogP contribution in [0.3, 0.4) is 0 Å². The van der Waals surface area contributed by atoms with E-state index in [0.717, 1.165) is 4.47 Å². The standard InChI is InChI=1S/C12H17BrN2O2/c1-12(2,7-14)11(16)15-8-4-5-9(13)10(6-8)17-3/h4-6H,7,14H2,1-3H3,(H,15,16). The summed E-state index contributed by atoms with van der Waals surface area (Å²) in [4.78, 5) is 11.9. The molecule has 1 aromatic carbocycles. The molecular weight excluding hydrogens is 284 g/mol. The Bertz CT molecular complexity index is 419. The van der Waals surface area contributed by atoms with Gasteiger partial charge in [-0.05, 0) is 41.9 Å². The van der Waals surface area contributed by atoms with Gasteiger partial charge < -0.3 is 15.8 Å². The van der Waals surface area contributed by atoms with Crippen LogP contribution in [0.1, 0.15) is 13.8 Å². The lowest BCUT2D eigenvalue weighted by atomic mass is 9.92. The monoisotopic (exact) mass is 300 g/mol.